The molecule has 7 nitrogen and oxygen atoms in total. The summed E-state index contributed by atoms with van der Waals surface area (Å²) in [4.78, 5) is 24.3. The minimum Gasteiger partial charge on any atom is -0.452 e. The second-order valence-corrected chi connectivity index (χ2v) is 8.04. The summed E-state index contributed by atoms with van der Waals surface area (Å²) in [5.41, 5.74) is 3.94. The van der Waals surface area contributed by atoms with Crippen LogP contribution >= 0.6 is 11.6 Å². The maximum atomic E-state index is 12.3. The molecule has 34 heavy (non-hydrogen) atoms. The van der Waals surface area contributed by atoms with Crippen LogP contribution in [0.1, 0.15) is 21.5 Å². The fraction of sp³-hybridized carbons (Fsp3) is 0.154. The number of nitrogens with one attached hydrogen (secondary N) is 1. The van der Waals surface area contributed by atoms with Crippen molar-refractivity contribution in [3.8, 4) is 22.9 Å². The Balaban J connectivity index is 1.27. The minimum atomic E-state index is -0.592. The lowest BCUT2D eigenvalue weighted by atomic mass is 10.1. The highest BCUT2D eigenvalue weighted by Crippen LogP contribution is 2.26. The zero-order valence-electron chi connectivity index (χ0n) is 18.5. The Morgan fingerprint density at radius 2 is 1.65 bits per heavy atom. The Morgan fingerprint density at radius 3 is 2.38 bits per heavy atom. The molecule has 0 aliphatic carbocycles. The van der Waals surface area contributed by atoms with Gasteiger partial charge in [-0.25, -0.2) is 4.79 Å². The molecule has 0 bridgehead atoms. The average molecular weight is 476 g/mol. The Bertz CT molecular complexity index is 1280. The molecule has 0 saturated carbocycles. The molecule has 0 unspecified atom stereocenters. The van der Waals surface area contributed by atoms with E-state index in [1.165, 1.54) is 0 Å². The summed E-state index contributed by atoms with van der Waals surface area (Å²) >= 11 is 5.86. The van der Waals surface area contributed by atoms with E-state index < -0.39 is 5.97 Å². The molecule has 0 aliphatic rings. The number of halogens is 1. The third-order valence-electron chi connectivity index (χ3n) is 5.15. The van der Waals surface area contributed by atoms with Crippen molar-refractivity contribution in [1.82, 2.24) is 15.5 Å². The van der Waals surface area contributed by atoms with Crippen molar-refractivity contribution in [3.05, 3.63) is 94.5 Å². The van der Waals surface area contributed by atoms with Crippen LogP contribution in [0.4, 0.5) is 0 Å². The maximum Gasteiger partial charge on any atom is 0.338 e. The molecular weight excluding hydrogens is 454 g/mol. The first-order valence-corrected chi connectivity index (χ1v) is 11.1. The molecule has 3 aromatic carbocycles. The van der Waals surface area contributed by atoms with Gasteiger partial charge in [0.15, 0.2) is 6.61 Å². The standard InChI is InChI=1S/C26H22ClN3O4/c1-17-4-2-3-5-22(17)25-30-29-24(34-25)19-8-10-20(11-9-19)26(32)33-16-23(31)28-15-14-18-6-12-21(27)13-7-18/h2-13H,14-16H2,1H3,(H,28,31). The van der Waals surface area contributed by atoms with E-state index in [1.54, 1.807) is 36.4 Å². The van der Waals surface area contributed by atoms with Gasteiger partial charge < -0.3 is 14.5 Å². The van der Waals surface area contributed by atoms with E-state index in [1.807, 2.05) is 43.3 Å². The summed E-state index contributed by atoms with van der Waals surface area (Å²) in [5.74, 6) is -0.184. The molecule has 1 heterocycles. The van der Waals surface area contributed by atoms with Crippen molar-refractivity contribution >= 4 is 23.5 Å². The van der Waals surface area contributed by atoms with E-state index >= 15 is 0 Å². The van der Waals surface area contributed by atoms with Crippen LogP contribution in [0.3, 0.4) is 0 Å². The molecule has 0 saturated heterocycles. The van der Waals surface area contributed by atoms with E-state index in [-0.39, 0.29) is 12.5 Å². The Kier molecular flexibility index (Phi) is 7.34. The number of rotatable bonds is 8. The average Bonchev–Trinajstić information content (AvgIpc) is 3.34. The number of hydrogen-bond acceptors (Lipinski definition) is 6. The van der Waals surface area contributed by atoms with Crippen molar-refractivity contribution in [2.45, 2.75) is 13.3 Å². The van der Waals surface area contributed by atoms with Gasteiger partial charge in [-0.2, -0.15) is 0 Å². The van der Waals surface area contributed by atoms with Gasteiger partial charge in [0.05, 0.1) is 5.56 Å². The number of carbonyl (C=O) groups excluding carboxylic acids is 2. The van der Waals surface area contributed by atoms with Crippen LogP contribution in [0.15, 0.2) is 77.2 Å². The monoisotopic (exact) mass is 475 g/mol. The molecule has 0 atom stereocenters. The van der Waals surface area contributed by atoms with Gasteiger partial charge in [-0.1, -0.05) is 41.9 Å². The second-order valence-electron chi connectivity index (χ2n) is 7.61. The number of aryl methyl sites for hydroxylation is 1. The predicted octanol–water partition coefficient (Wildman–Crippen LogP) is 4.88. The summed E-state index contributed by atoms with van der Waals surface area (Å²) in [6, 6.07) is 21.7. The maximum absolute atomic E-state index is 12.3. The zero-order chi connectivity index (χ0) is 23.9. The van der Waals surface area contributed by atoms with Gasteiger partial charge in [-0.3, -0.25) is 4.79 Å². The van der Waals surface area contributed by atoms with Crippen LogP contribution in [0.25, 0.3) is 22.9 Å². The largest absolute Gasteiger partial charge is 0.452 e. The smallest absolute Gasteiger partial charge is 0.338 e. The van der Waals surface area contributed by atoms with Crippen LogP contribution in [0.5, 0.6) is 0 Å². The van der Waals surface area contributed by atoms with Gasteiger partial charge in [0.2, 0.25) is 11.8 Å². The lowest BCUT2D eigenvalue weighted by Gasteiger charge is -2.07. The third-order valence-corrected chi connectivity index (χ3v) is 5.40. The minimum absolute atomic E-state index is 0.316. The third kappa shape index (κ3) is 5.88. The molecule has 4 rings (SSSR count). The highest BCUT2D eigenvalue weighted by atomic mass is 35.5. The van der Waals surface area contributed by atoms with E-state index in [0.717, 1.165) is 16.7 Å². The summed E-state index contributed by atoms with van der Waals surface area (Å²) in [6.45, 7) is 2.05. The van der Waals surface area contributed by atoms with Gasteiger partial charge in [0.25, 0.3) is 5.91 Å². The fourth-order valence-electron chi connectivity index (χ4n) is 3.27. The van der Waals surface area contributed by atoms with Crippen molar-refractivity contribution in [3.63, 3.8) is 0 Å². The summed E-state index contributed by atoms with van der Waals surface area (Å²) in [6.07, 6.45) is 0.652. The van der Waals surface area contributed by atoms with Crippen LogP contribution in [-0.4, -0.2) is 35.2 Å². The number of hydrogen-bond donors (Lipinski definition) is 1. The second kappa shape index (κ2) is 10.8. The number of nitrogens with zero attached hydrogens (tertiary/aromatic N) is 2. The number of benzene rings is 3. The van der Waals surface area contributed by atoms with Crippen molar-refractivity contribution < 1.29 is 18.7 Å². The summed E-state index contributed by atoms with van der Waals surface area (Å²) in [5, 5.41) is 11.6. The highest BCUT2D eigenvalue weighted by molar-refractivity contribution is 6.30. The molecule has 1 N–H and O–H groups in total. The van der Waals surface area contributed by atoms with Gasteiger partial charge in [-0.15, -0.1) is 10.2 Å². The SMILES string of the molecule is Cc1ccccc1-c1nnc(-c2ccc(C(=O)OCC(=O)NCCc3ccc(Cl)cc3)cc2)o1. The lowest BCUT2D eigenvalue weighted by Crippen LogP contribution is -2.30. The number of aromatic nitrogens is 2. The van der Waals surface area contributed by atoms with Crippen molar-refractivity contribution in [2.75, 3.05) is 13.2 Å². The van der Waals surface area contributed by atoms with Crippen LogP contribution in [-0.2, 0) is 16.0 Å². The van der Waals surface area contributed by atoms with Crippen molar-refractivity contribution in [1.29, 1.82) is 0 Å². The van der Waals surface area contributed by atoms with Gasteiger partial charge in [-0.05, 0) is 66.9 Å². The molecule has 0 spiro atoms. The molecular formula is C26H22ClN3O4. The Labute approximate surface area is 201 Å². The first kappa shape index (κ1) is 23.2. The van der Waals surface area contributed by atoms with E-state index in [2.05, 4.69) is 15.5 Å². The number of carbonyl (C=O) groups is 2. The summed E-state index contributed by atoms with van der Waals surface area (Å²) in [7, 11) is 0. The molecule has 172 valence electrons. The molecule has 8 heteroatoms. The molecule has 0 radical (unpaired) electrons. The van der Waals surface area contributed by atoms with Crippen LogP contribution in [0, 0.1) is 6.92 Å². The van der Waals surface area contributed by atoms with Crippen LogP contribution in [0.2, 0.25) is 5.02 Å². The quantitative estimate of drug-likeness (QED) is 0.365. The zero-order valence-corrected chi connectivity index (χ0v) is 19.2. The first-order valence-electron chi connectivity index (χ1n) is 10.7. The van der Waals surface area contributed by atoms with Gasteiger partial charge in [0.1, 0.15) is 0 Å². The van der Waals surface area contributed by atoms with E-state index in [4.69, 9.17) is 20.8 Å². The fourth-order valence-corrected chi connectivity index (χ4v) is 3.40. The summed E-state index contributed by atoms with van der Waals surface area (Å²) < 4.78 is 10.9. The number of ether oxygens (including phenoxy) is 1. The Hall–Kier alpha value is -3.97. The van der Waals surface area contributed by atoms with Gasteiger partial charge >= 0.3 is 5.97 Å². The number of amides is 1. The Morgan fingerprint density at radius 1 is 0.941 bits per heavy atom. The topological polar surface area (TPSA) is 94.3 Å². The van der Waals surface area contributed by atoms with E-state index in [0.29, 0.717) is 40.9 Å². The molecule has 1 aromatic heterocycles. The molecule has 0 fully saturated rings. The normalized spacial score (nSPS) is 10.6. The molecule has 4 aromatic rings. The van der Waals surface area contributed by atoms with Gasteiger partial charge in [0, 0.05) is 22.7 Å². The highest BCUT2D eigenvalue weighted by Gasteiger charge is 2.14. The molecule has 1 amide bonds. The first-order chi connectivity index (χ1) is 16.5. The van der Waals surface area contributed by atoms with Crippen molar-refractivity contribution in [2.24, 2.45) is 0 Å². The number of esters is 1. The van der Waals surface area contributed by atoms with E-state index in [9.17, 15) is 9.59 Å². The lowest BCUT2D eigenvalue weighted by molar-refractivity contribution is -0.124. The predicted molar refractivity (Wildman–Crippen MR) is 128 cm³/mol. The molecule has 0 aliphatic heterocycles. The van der Waals surface area contributed by atoms with Crippen LogP contribution < -0.4 is 5.32 Å².